The molecule has 0 saturated heterocycles. The average Bonchev–Trinajstić information content (AvgIpc) is 2.63. The number of hydrogen-bond donors (Lipinski definition) is 2. The van der Waals surface area contributed by atoms with Crippen LogP contribution >= 0.6 is 0 Å². The molecule has 0 amide bonds. The summed E-state index contributed by atoms with van der Waals surface area (Å²) < 4.78 is 34.9. The highest BCUT2D eigenvalue weighted by molar-refractivity contribution is 5.79. The Labute approximate surface area is 152 Å². The van der Waals surface area contributed by atoms with E-state index in [0.29, 0.717) is 23.8 Å². The molecule has 0 aromatic heterocycles. The molecule has 0 aliphatic rings. The van der Waals surface area contributed by atoms with Gasteiger partial charge in [-0.05, 0) is 30.2 Å². The van der Waals surface area contributed by atoms with E-state index in [-0.39, 0.29) is 12.3 Å². The summed E-state index contributed by atoms with van der Waals surface area (Å²) in [6, 6.07) is 12.8. The molecule has 0 radical (unpaired) electrons. The van der Waals surface area contributed by atoms with Crippen molar-refractivity contribution in [2.24, 2.45) is 4.99 Å². The predicted octanol–water partition coefficient (Wildman–Crippen LogP) is 3.47. The second kappa shape index (κ2) is 9.60. The average molecular weight is 363 g/mol. The van der Waals surface area contributed by atoms with Gasteiger partial charge in [-0.3, -0.25) is 4.99 Å². The topological polar surface area (TPSA) is 54.9 Å². The third-order valence-electron chi connectivity index (χ3n) is 3.87. The second-order valence-electron chi connectivity index (χ2n) is 5.56. The van der Waals surface area contributed by atoms with Crippen LogP contribution in [0.25, 0.3) is 0 Å². The highest BCUT2D eigenvalue weighted by atomic mass is 19.3. The fourth-order valence-corrected chi connectivity index (χ4v) is 2.40. The number of alkyl halides is 2. The number of rotatable bonds is 7. The molecule has 2 aromatic carbocycles. The van der Waals surface area contributed by atoms with Gasteiger partial charge in [-0.15, -0.1) is 0 Å². The molecule has 0 unspecified atom stereocenters. The Morgan fingerprint density at radius 1 is 1.08 bits per heavy atom. The molecule has 0 fully saturated rings. The van der Waals surface area contributed by atoms with Crippen molar-refractivity contribution in [2.45, 2.75) is 26.6 Å². The molecular formula is C19H23F2N3O2. The van der Waals surface area contributed by atoms with Crippen LogP contribution in [0, 0.1) is 6.92 Å². The zero-order chi connectivity index (χ0) is 18.9. The summed E-state index contributed by atoms with van der Waals surface area (Å²) >= 11 is 0. The summed E-state index contributed by atoms with van der Waals surface area (Å²) in [7, 11) is 3.12. The van der Waals surface area contributed by atoms with Crippen LogP contribution in [0.1, 0.15) is 16.7 Å². The van der Waals surface area contributed by atoms with Crippen molar-refractivity contribution in [1.82, 2.24) is 10.6 Å². The quantitative estimate of drug-likeness (QED) is 0.584. The minimum Gasteiger partial charge on any atom is -0.497 e. The molecule has 140 valence electrons. The fourth-order valence-electron chi connectivity index (χ4n) is 2.40. The lowest BCUT2D eigenvalue weighted by Gasteiger charge is -2.16. The molecule has 0 bridgehead atoms. The summed E-state index contributed by atoms with van der Waals surface area (Å²) in [4.78, 5) is 4.15. The van der Waals surface area contributed by atoms with Crippen molar-refractivity contribution in [3.05, 3.63) is 59.2 Å². The van der Waals surface area contributed by atoms with Crippen molar-refractivity contribution in [2.75, 3.05) is 14.2 Å². The van der Waals surface area contributed by atoms with Crippen molar-refractivity contribution in [1.29, 1.82) is 0 Å². The van der Waals surface area contributed by atoms with E-state index in [2.05, 4.69) is 20.4 Å². The van der Waals surface area contributed by atoms with E-state index >= 15 is 0 Å². The Morgan fingerprint density at radius 3 is 2.38 bits per heavy atom. The van der Waals surface area contributed by atoms with E-state index in [1.54, 1.807) is 19.2 Å². The molecule has 0 aliphatic carbocycles. The first-order valence-electron chi connectivity index (χ1n) is 8.14. The van der Waals surface area contributed by atoms with Crippen molar-refractivity contribution in [3.63, 3.8) is 0 Å². The molecule has 0 atom stereocenters. The maximum atomic E-state index is 12.6. The highest BCUT2D eigenvalue weighted by Gasteiger charge is 2.12. The first kappa shape index (κ1) is 19.5. The SMILES string of the molecule is CN=C(NCc1ccccc1C)NCc1ccc(OC)cc1OC(F)F. The summed E-state index contributed by atoms with van der Waals surface area (Å²) in [5.74, 6) is 1.08. The number of nitrogens with zero attached hydrogens (tertiary/aromatic N) is 1. The maximum Gasteiger partial charge on any atom is 0.387 e. The first-order chi connectivity index (χ1) is 12.5. The lowest BCUT2D eigenvalue weighted by molar-refractivity contribution is -0.0505. The van der Waals surface area contributed by atoms with E-state index in [1.807, 2.05) is 31.2 Å². The molecule has 7 heteroatoms. The number of aliphatic imine (C=N–C) groups is 1. The molecule has 0 aliphatic heterocycles. The molecular weight excluding hydrogens is 340 g/mol. The number of halogens is 2. The van der Waals surface area contributed by atoms with Crippen LogP contribution < -0.4 is 20.1 Å². The third-order valence-corrected chi connectivity index (χ3v) is 3.87. The van der Waals surface area contributed by atoms with Gasteiger partial charge in [0.25, 0.3) is 0 Å². The monoisotopic (exact) mass is 363 g/mol. The van der Waals surface area contributed by atoms with E-state index in [4.69, 9.17) is 4.74 Å². The van der Waals surface area contributed by atoms with Crippen LogP contribution in [-0.4, -0.2) is 26.7 Å². The lowest BCUT2D eigenvalue weighted by atomic mass is 10.1. The zero-order valence-corrected chi connectivity index (χ0v) is 15.1. The van der Waals surface area contributed by atoms with Crippen LogP contribution in [0.4, 0.5) is 8.78 Å². The first-order valence-corrected chi connectivity index (χ1v) is 8.14. The third kappa shape index (κ3) is 5.61. The van der Waals surface area contributed by atoms with Crippen molar-refractivity contribution >= 4 is 5.96 Å². The van der Waals surface area contributed by atoms with Gasteiger partial charge in [0, 0.05) is 31.8 Å². The number of benzene rings is 2. The lowest BCUT2D eigenvalue weighted by Crippen LogP contribution is -2.36. The van der Waals surface area contributed by atoms with E-state index < -0.39 is 6.61 Å². The standard InChI is InChI=1S/C19H23F2N3O2/c1-13-6-4-5-7-14(13)11-23-19(22-2)24-12-15-8-9-16(25-3)10-17(15)26-18(20)21/h4-10,18H,11-12H2,1-3H3,(H2,22,23,24). The number of hydrogen-bond acceptors (Lipinski definition) is 3. The summed E-state index contributed by atoms with van der Waals surface area (Å²) in [6.07, 6.45) is 0. The smallest absolute Gasteiger partial charge is 0.387 e. The second-order valence-corrected chi connectivity index (χ2v) is 5.56. The fraction of sp³-hybridized carbons (Fsp3) is 0.316. The minimum atomic E-state index is -2.90. The normalized spacial score (nSPS) is 11.4. The van der Waals surface area contributed by atoms with E-state index in [9.17, 15) is 8.78 Å². The largest absolute Gasteiger partial charge is 0.497 e. The number of methoxy groups -OCH3 is 1. The van der Waals surface area contributed by atoms with Crippen LogP contribution in [0.3, 0.4) is 0 Å². The van der Waals surface area contributed by atoms with E-state index in [1.165, 1.54) is 18.7 Å². The highest BCUT2D eigenvalue weighted by Crippen LogP contribution is 2.26. The van der Waals surface area contributed by atoms with Gasteiger partial charge in [0.15, 0.2) is 5.96 Å². The van der Waals surface area contributed by atoms with Gasteiger partial charge in [-0.1, -0.05) is 24.3 Å². The Morgan fingerprint density at radius 2 is 1.77 bits per heavy atom. The Kier molecular flexibility index (Phi) is 7.20. The van der Waals surface area contributed by atoms with Crippen LogP contribution in [0.15, 0.2) is 47.5 Å². The number of guanidine groups is 1. The van der Waals surface area contributed by atoms with Gasteiger partial charge in [-0.25, -0.2) is 0 Å². The molecule has 26 heavy (non-hydrogen) atoms. The molecule has 2 rings (SSSR count). The molecule has 0 saturated carbocycles. The molecule has 0 heterocycles. The predicted molar refractivity (Wildman–Crippen MR) is 97.8 cm³/mol. The summed E-state index contributed by atoms with van der Waals surface area (Å²) in [5, 5.41) is 6.30. The van der Waals surface area contributed by atoms with Gasteiger partial charge in [0.05, 0.1) is 7.11 Å². The summed E-state index contributed by atoms with van der Waals surface area (Å²) in [6.45, 7) is 0.0206. The van der Waals surface area contributed by atoms with E-state index in [0.717, 1.165) is 5.56 Å². The number of ether oxygens (including phenoxy) is 2. The molecule has 5 nitrogen and oxygen atoms in total. The van der Waals surface area contributed by atoms with Crippen molar-refractivity contribution in [3.8, 4) is 11.5 Å². The van der Waals surface area contributed by atoms with Crippen molar-refractivity contribution < 1.29 is 18.3 Å². The molecule has 2 N–H and O–H groups in total. The summed E-state index contributed by atoms with van der Waals surface area (Å²) in [5.41, 5.74) is 2.91. The van der Waals surface area contributed by atoms with Gasteiger partial charge in [0.1, 0.15) is 11.5 Å². The molecule has 2 aromatic rings. The number of nitrogens with one attached hydrogen (secondary N) is 2. The van der Waals surface area contributed by atoms with Gasteiger partial charge >= 0.3 is 6.61 Å². The number of aryl methyl sites for hydroxylation is 1. The molecule has 0 spiro atoms. The van der Waals surface area contributed by atoms with Gasteiger partial charge < -0.3 is 20.1 Å². The van der Waals surface area contributed by atoms with Crippen LogP contribution in [-0.2, 0) is 13.1 Å². The minimum absolute atomic E-state index is 0.0706. The Balaban J connectivity index is 2.00. The Bertz CT molecular complexity index is 751. The van der Waals surface area contributed by atoms with Crippen LogP contribution in [0.5, 0.6) is 11.5 Å². The van der Waals surface area contributed by atoms with Gasteiger partial charge in [-0.2, -0.15) is 8.78 Å². The Hall–Kier alpha value is -2.83. The zero-order valence-electron chi connectivity index (χ0n) is 15.1. The van der Waals surface area contributed by atoms with Gasteiger partial charge in [0.2, 0.25) is 0 Å². The van der Waals surface area contributed by atoms with Crippen LogP contribution in [0.2, 0.25) is 0 Å². The maximum absolute atomic E-state index is 12.6.